The van der Waals surface area contributed by atoms with Crippen LogP contribution in [0, 0.1) is 0 Å². The minimum atomic E-state index is -1.78. The van der Waals surface area contributed by atoms with Crippen LogP contribution >= 0.6 is 0 Å². The van der Waals surface area contributed by atoms with Gasteiger partial charge >= 0.3 is 0 Å². The van der Waals surface area contributed by atoms with Crippen LogP contribution in [0.15, 0.2) is 0 Å². The van der Waals surface area contributed by atoms with E-state index >= 15 is 0 Å². The lowest BCUT2D eigenvalue weighted by Gasteiger charge is -2.50. The fourth-order valence-electron chi connectivity index (χ4n) is 8.98. The monoisotopic (exact) mass is 998 g/mol. The highest BCUT2D eigenvalue weighted by Gasteiger charge is 2.56. The van der Waals surface area contributed by atoms with Crippen LogP contribution in [0.2, 0.25) is 0 Å². The van der Waals surface area contributed by atoms with Gasteiger partial charge in [0.25, 0.3) is 0 Å². The van der Waals surface area contributed by atoms with Gasteiger partial charge in [-0.25, -0.2) is 0 Å². The molecule has 6 fully saturated rings. The average molecular weight is 999 g/mol. The molecule has 0 bridgehead atoms. The number of hydrogen-bond acceptors (Lipinski definition) is 31. The van der Waals surface area contributed by atoms with E-state index in [1.807, 2.05) is 0 Å². The van der Waals surface area contributed by atoms with E-state index in [1.54, 1.807) is 0 Å². The first-order chi connectivity index (χ1) is 32.3. The Morgan fingerprint density at radius 1 is 0.294 bits per heavy atom. The Morgan fingerprint density at radius 2 is 0.485 bits per heavy atom. The highest BCUT2D eigenvalue weighted by atomic mass is 16.8. The van der Waals surface area contributed by atoms with Gasteiger partial charge in [-0.3, -0.25) is 0 Å². The molecule has 6 aliphatic heterocycles. The van der Waals surface area contributed by atoms with E-state index in [0.717, 1.165) is 0 Å². The van der Waals surface area contributed by atoms with Crippen LogP contribution in [0.1, 0.15) is 0 Å². The van der Waals surface area contributed by atoms with Gasteiger partial charge in [-0.05, 0) is 0 Å². The molecule has 68 heavy (non-hydrogen) atoms. The largest absolute Gasteiger partial charge is 0.394 e. The predicted molar refractivity (Wildman–Crippen MR) is 216 cm³/mol. The molecule has 6 aliphatic rings. The number of rotatable bonds is 17. The molecular weight excluding hydrogens is 928 g/mol. The standard InChI is InChI=1S/C37H70N6O25/c1-57-32-15(39)22(52)27(9(3-45)59-32)65-34-17(41)24(54)29(11(5-47)61-34)67-36-19(43)26(56)31(13(7-49)63-36)68-37-18(42)25(55)30(12(6-48)62-37)66-35-16(40)23(53)28(10(4-46)60-35)64-33-14(38)21(51)20(50)8(2-44)58-33/h8-37,44-56H,2-7,38-43H2,1H3/t8?,9?,10?,11?,12?,13?,14?,15-,16-,17?,18?,19-,20?,21-,22?,23?,24-,25-,26?,27+,28+,29?,30?,31+,32+,33+,34+,35-,36-,37+/m1/s1. The molecule has 6 rings (SSSR count). The molecule has 0 aromatic heterocycles. The van der Waals surface area contributed by atoms with Crippen LogP contribution in [-0.4, -0.2) is 297 Å². The molecule has 15 unspecified atom stereocenters. The van der Waals surface area contributed by atoms with Crippen molar-refractivity contribution in [3.05, 3.63) is 0 Å². The number of methoxy groups -OCH3 is 1. The van der Waals surface area contributed by atoms with E-state index < -0.39 is 224 Å². The van der Waals surface area contributed by atoms with Crippen molar-refractivity contribution in [3.63, 3.8) is 0 Å². The Labute approximate surface area is 388 Å². The fraction of sp³-hybridized carbons (Fsp3) is 1.00. The smallest absolute Gasteiger partial charge is 0.176 e. The summed E-state index contributed by atoms with van der Waals surface area (Å²) in [5.74, 6) is 0. The normalized spacial score (nSPS) is 52.8. The topological polar surface area (TPSA) is 530 Å². The van der Waals surface area contributed by atoms with Crippen molar-refractivity contribution in [2.45, 2.75) is 184 Å². The summed E-state index contributed by atoms with van der Waals surface area (Å²) in [6.45, 7) is -4.73. The summed E-state index contributed by atoms with van der Waals surface area (Å²) in [6, 6.07) is -8.56. The third-order valence-electron chi connectivity index (χ3n) is 13.1. The SMILES string of the molecule is CO[C@H]1OC(CO)[C@H](O[C@@H]2OC(CO)C(O[C@H]3OC(CO)[C@H](O[C@@H]4OC(CO)C(O[C@H]5OC(CO)[C@H](O[C@@H]6OC(CO)C(O)[C@H](O)C6N)C(O)[C@H]5N)[C@H](O)C4N)C(O)[C@H]3N)[C@H](O)C2N)C(O)[C@H]1N. The maximum atomic E-state index is 11.5. The molecule has 0 radical (unpaired) electrons. The van der Waals surface area contributed by atoms with Gasteiger partial charge < -0.3 is 158 Å². The Hall–Kier alpha value is -1.24. The summed E-state index contributed by atoms with van der Waals surface area (Å²) in [5.41, 5.74) is 37.2. The number of nitrogens with two attached hydrogens (primary N) is 6. The molecule has 398 valence electrons. The van der Waals surface area contributed by atoms with Gasteiger partial charge in [0, 0.05) is 7.11 Å². The molecule has 0 aromatic rings. The number of hydrogen-bond donors (Lipinski definition) is 19. The molecule has 0 aliphatic carbocycles. The molecule has 25 N–H and O–H groups in total. The maximum absolute atomic E-state index is 11.5. The van der Waals surface area contributed by atoms with Gasteiger partial charge in [-0.1, -0.05) is 0 Å². The van der Waals surface area contributed by atoms with Crippen molar-refractivity contribution in [3.8, 4) is 0 Å². The molecule has 0 saturated carbocycles. The van der Waals surface area contributed by atoms with E-state index in [2.05, 4.69) is 0 Å². The van der Waals surface area contributed by atoms with E-state index in [1.165, 1.54) is 7.11 Å². The van der Waals surface area contributed by atoms with Gasteiger partial charge in [-0.2, -0.15) is 0 Å². The molecule has 6 saturated heterocycles. The van der Waals surface area contributed by atoms with Gasteiger partial charge in [0.15, 0.2) is 37.7 Å². The van der Waals surface area contributed by atoms with Crippen molar-refractivity contribution >= 4 is 0 Å². The zero-order valence-electron chi connectivity index (χ0n) is 36.7. The zero-order chi connectivity index (χ0) is 50.0. The first-order valence-electron chi connectivity index (χ1n) is 22.0. The summed E-state index contributed by atoms with van der Waals surface area (Å²) in [7, 11) is 1.28. The summed E-state index contributed by atoms with van der Waals surface area (Å²) < 4.78 is 68.9. The fourth-order valence-corrected chi connectivity index (χ4v) is 8.98. The number of aliphatic hydroxyl groups is 13. The first kappa shape index (κ1) is 56.1. The summed E-state index contributed by atoms with van der Waals surface area (Å²) in [6.07, 6.45) is -36.5. The van der Waals surface area contributed by atoms with Crippen LogP contribution < -0.4 is 34.4 Å². The quantitative estimate of drug-likeness (QED) is 0.0643. The average Bonchev–Trinajstić information content (AvgIpc) is 3.33. The van der Waals surface area contributed by atoms with E-state index in [0.29, 0.717) is 0 Å². The van der Waals surface area contributed by atoms with Crippen LogP contribution in [0.25, 0.3) is 0 Å². The van der Waals surface area contributed by atoms with Gasteiger partial charge in [-0.15, -0.1) is 0 Å². The molecule has 6 heterocycles. The molecular formula is C37H70N6O25. The Balaban J connectivity index is 1.07. The lowest BCUT2D eigenvalue weighted by atomic mass is 9.93. The predicted octanol–water partition coefficient (Wildman–Crippen LogP) is -13.6. The third-order valence-corrected chi connectivity index (χ3v) is 13.1. The first-order valence-corrected chi connectivity index (χ1v) is 22.0. The van der Waals surface area contributed by atoms with Crippen LogP contribution in [0.4, 0.5) is 0 Å². The number of ether oxygens (including phenoxy) is 12. The van der Waals surface area contributed by atoms with Gasteiger partial charge in [0.1, 0.15) is 110 Å². The van der Waals surface area contributed by atoms with Crippen molar-refractivity contribution in [2.24, 2.45) is 34.4 Å². The molecule has 0 amide bonds. The summed E-state index contributed by atoms with van der Waals surface area (Å²) in [4.78, 5) is 0. The van der Waals surface area contributed by atoms with Crippen molar-refractivity contribution in [1.82, 2.24) is 0 Å². The van der Waals surface area contributed by atoms with Gasteiger partial charge in [0.2, 0.25) is 0 Å². The second-order valence-corrected chi connectivity index (χ2v) is 17.5. The minimum absolute atomic E-state index is 0.646. The van der Waals surface area contributed by atoms with Crippen LogP contribution in [0.5, 0.6) is 0 Å². The molecule has 31 nitrogen and oxygen atoms in total. The summed E-state index contributed by atoms with van der Waals surface area (Å²) in [5, 5.41) is 137. The van der Waals surface area contributed by atoms with Crippen LogP contribution in [-0.2, 0) is 56.8 Å². The second-order valence-electron chi connectivity index (χ2n) is 17.5. The van der Waals surface area contributed by atoms with E-state index in [-0.39, 0.29) is 0 Å². The Bertz CT molecular complexity index is 1540. The number of aliphatic hydroxyl groups excluding tert-OH is 13. The Kier molecular flexibility index (Phi) is 19.9. The molecule has 0 spiro atoms. The van der Waals surface area contributed by atoms with Crippen molar-refractivity contribution in [2.75, 3.05) is 46.8 Å². The second kappa shape index (κ2) is 24.2. The third kappa shape index (κ3) is 11.3. The lowest BCUT2D eigenvalue weighted by molar-refractivity contribution is -0.367. The minimum Gasteiger partial charge on any atom is -0.394 e. The highest BCUT2D eigenvalue weighted by Crippen LogP contribution is 2.35. The maximum Gasteiger partial charge on any atom is 0.176 e. The van der Waals surface area contributed by atoms with Crippen LogP contribution in [0.3, 0.4) is 0 Å². The van der Waals surface area contributed by atoms with Gasteiger partial charge in [0.05, 0.1) is 75.9 Å². The molecule has 30 atom stereocenters. The van der Waals surface area contributed by atoms with E-state index in [9.17, 15) is 66.4 Å². The summed E-state index contributed by atoms with van der Waals surface area (Å²) >= 11 is 0. The molecule has 31 heteroatoms. The molecule has 0 aromatic carbocycles. The highest BCUT2D eigenvalue weighted by molar-refractivity contribution is 5.02. The lowest BCUT2D eigenvalue weighted by Crippen LogP contribution is -2.71. The van der Waals surface area contributed by atoms with E-state index in [4.69, 9.17) is 91.2 Å². The zero-order valence-corrected chi connectivity index (χ0v) is 36.7. The Morgan fingerprint density at radius 3 is 0.706 bits per heavy atom. The van der Waals surface area contributed by atoms with Crippen molar-refractivity contribution in [1.29, 1.82) is 0 Å². The van der Waals surface area contributed by atoms with Crippen molar-refractivity contribution < 1.29 is 123 Å².